The molecular weight excluding hydrogens is 262 g/mol. The lowest BCUT2D eigenvalue weighted by Crippen LogP contribution is -2.33. The zero-order valence-corrected chi connectivity index (χ0v) is 11.9. The maximum absolute atomic E-state index is 11.9. The number of fused-ring (bicyclic) bond motifs is 1. The fourth-order valence-corrected chi connectivity index (χ4v) is 2.56. The van der Waals surface area contributed by atoms with Gasteiger partial charge in [0.2, 0.25) is 5.91 Å². The Kier molecular flexibility index (Phi) is 3.49. The molecule has 2 aromatic rings. The Labute approximate surface area is 123 Å². The second kappa shape index (κ2) is 5.45. The second-order valence-electron chi connectivity index (χ2n) is 5.50. The lowest BCUT2D eigenvalue weighted by atomic mass is 10.1. The molecule has 0 aliphatic heterocycles. The minimum Gasteiger partial charge on any atom is -0.350 e. The van der Waals surface area contributed by atoms with Crippen molar-refractivity contribution in [3.63, 3.8) is 0 Å². The highest BCUT2D eigenvalue weighted by Gasteiger charge is 2.31. The summed E-state index contributed by atoms with van der Waals surface area (Å²) in [6.07, 6.45) is 7.38. The molecule has 1 aromatic heterocycles. The van der Waals surface area contributed by atoms with Crippen molar-refractivity contribution in [2.45, 2.75) is 18.9 Å². The molecule has 0 spiro atoms. The summed E-state index contributed by atoms with van der Waals surface area (Å²) in [7, 11) is 1.98. The Hall–Kier alpha value is -2.54. The van der Waals surface area contributed by atoms with Crippen molar-refractivity contribution in [3.8, 4) is 6.07 Å². The molecule has 1 fully saturated rings. The summed E-state index contributed by atoms with van der Waals surface area (Å²) in [5, 5.41) is 12.9. The van der Waals surface area contributed by atoms with Gasteiger partial charge in [-0.25, -0.2) is 0 Å². The number of para-hydroxylation sites is 1. The lowest BCUT2D eigenvalue weighted by molar-refractivity contribution is -0.116. The van der Waals surface area contributed by atoms with Crippen LogP contribution in [0.4, 0.5) is 0 Å². The Morgan fingerprint density at radius 3 is 2.95 bits per heavy atom. The van der Waals surface area contributed by atoms with E-state index in [1.807, 2.05) is 42.1 Å². The van der Waals surface area contributed by atoms with Crippen LogP contribution in [-0.4, -0.2) is 16.5 Å². The number of nitriles is 1. The Balaban J connectivity index is 1.75. The lowest BCUT2D eigenvalue weighted by Gasteiger charge is -2.07. The standard InChI is InChI=1S/C17H17N3O/c1-20-11-13(14-4-2-3-5-16(14)20)8-9-17(21)19-15(10-18)12-6-7-12/h2-5,8-9,11-12,15H,6-7H2,1H3,(H,19,21)/b9-8+. The monoisotopic (exact) mass is 279 g/mol. The smallest absolute Gasteiger partial charge is 0.245 e. The van der Waals surface area contributed by atoms with E-state index in [9.17, 15) is 4.79 Å². The molecule has 1 aromatic carbocycles. The largest absolute Gasteiger partial charge is 0.350 e. The molecular formula is C17H17N3O. The predicted molar refractivity (Wildman–Crippen MR) is 82.2 cm³/mol. The first-order chi connectivity index (χ1) is 10.2. The summed E-state index contributed by atoms with van der Waals surface area (Å²) in [5.74, 6) is 0.131. The number of rotatable bonds is 4. The van der Waals surface area contributed by atoms with Gasteiger partial charge >= 0.3 is 0 Å². The van der Waals surface area contributed by atoms with Crippen LogP contribution in [0.5, 0.6) is 0 Å². The number of nitrogens with zero attached hydrogens (tertiary/aromatic N) is 2. The van der Waals surface area contributed by atoms with E-state index in [1.54, 1.807) is 6.08 Å². The van der Waals surface area contributed by atoms with E-state index >= 15 is 0 Å². The maximum Gasteiger partial charge on any atom is 0.245 e. The summed E-state index contributed by atoms with van der Waals surface area (Å²) in [4.78, 5) is 11.9. The van der Waals surface area contributed by atoms with Crippen LogP contribution in [0.25, 0.3) is 17.0 Å². The number of hydrogen-bond donors (Lipinski definition) is 1. The molecule has 1 saturated carbocycles. The average molecular weight is 279 g/mol. The van der Waals surface area contributed by atoms with Crippen LogP contribution in [0.1, 0.15) is 18.4 Å². The molecule has 4 heteroatoms. The van der Waals surface area contributed by atoms with E-state index in [-0.39, 0.29) is 11.9 Å². The van der Waals surface area contributed by atoms with Gasteiger partial charge in [0.15, 0.2) is 0 Å². The molecule has 1 aliphatic carbocycles. The van der Waals surface area contributed by atoms with E-state index in [0.29, 0.717) is 5.92 Å². The van der Waals surface area contributed by atoms with Gasteiger partial charge in [-0.2, -0.15) is 5.26 Å². The molecule has 106 valence electrons. The highest BCUT2D eigenvalue weighted by molar-refractivity contribution is 5.96. The van der Waals surface area contributed by atoms with Crippen molar-refractivity contribution < 1.29 is 4.79 Å². The van der Waals surface area contributed by atoms with Gasteiger partial charge in [-0.05, 0) is 30.9 Å². The van der Waals surface area contributed by atoms with E-state index in [2.05, 4.69) is 11.4 Å². The summed E-state index contributed by atoms with van der Waals surface area (Å²) in [6.45, 7) is 0. The predicted octanol–water partition coefficient (Wildman–Crippen LogP) is 2.61. The van der Waals surface area contributed by atoms with Gasteiger partial charge in [-0.1, -0.05) is 18.2 Å². The highest BCUT2D eigenvalue weighted by atomic mass is 16.1. The van der Waals surface area contributed by atoms with Crippen molar-refractivity contribution in [2.24, 2.45) is 13.0 Å². The minimum absolute atomic E-state index is 0.207. The number of carbonyl (C=O) groups excluding carboxylic acids is 1. The first kappa shape index (κ1) is 13.4. The molecule has 1 heterocycles. The Morgan fingerprint density at radius 1 is 1.48 bits per heavy atom. The number of carbonyl (C=O) groups is 1. The quantitative estimate of drug-likeness (QED) is 0.875. The number of nitrogens with one attached hydrogen (secondary N) is 1. The van der Waals surface area contributed by atoms with Gasteiger partial charge in [0.05, 0.1) is 6.07 Å². The zero-order valence-electron chi connectivity index (χ0n) is 11.9. The van der Waals surface area contributed by atoms with Gasteiger partial charge in [0.1, 0.15) is 6.04 Å². The van der Waals surface area contributed by atoms with Crippen molar-refractivity contribution in [1.82, 2.24) is 9.88 Å². The third-order valence-corrected chi connectivity index (χ3v) is 3.87. The molecule has 1 atom stereocenters. The third kappa shape index (κ3) is 2.82. The van der Waals surface area contributed by atoms with Gasteiger partial charge in [-0.3, -0.25) is 4.79 Å². The van der Waals surface area contributed by atoms with Gasteiger partial charge in [0, 0.05) is 35.8 Å². The van der Waals surface area contributed by atoms with E-state index in [1.165, 1.54) is 6.08 Å². The Bertz CT molecular complexity index is 747. The molecule has 1 aliphatic rings. The number of amides is 1. The molecule has 0 bridgehead atoms. The van der Waals surface area contributed by atoms with Crippen LogP contribution in [0.15, 0.2) is 36.5 Å². The molecule has 21 heavy (non-hydrogen) atoms. The molecule has 1 N–H and O–H groups in total. The van der Waals surface area contributed by atoms with Crippen molar-refractivity contribution in [2.75, 3.05) is 0 Å². The molecule has 1 amide bonds. The van der Waals surface area contributed by atoms with Crippen molar-refractivity contribution in [3.05, 3.63) is 42.1 Å². The van der Waals surface area contributed by atoms with Gasteiger partial charge in [0.25, 0.3) is 0 Å². The minimum atomic E-state index is -0.352. The molecule has 4 nitrogen and oxygen atoms in total. The molecule has 0 radical (unpaired) electrons. The second-order valence-corrected chi connectivity index (χ2v) is 5.50. The third-order valence-electron chi connectivity index (χ3n) is 3.87. The first-order valence-electron chi connectivity index (χ1n) is 7.11. The SMILES string of the molecule is Cn1cc(/C=C/C(=O)NC(C#N)C2CC2)c2ccccc21. The van der Waals surface area contributed by atoms with E-state index < -0.39 is 0 Å². The van der Waals surface area contributed by atoms with Crippen molar-refractivity contribution >= 4 is 22.9 Å². The zero-order chi connectivity index (χ0) is 14.8. The molecule has 3 rings (SSSR count). The number of benzene rings is 1. The Morgan fingerprint density at radius 2 is 2.24 bits per heavy atom. The summed E-state index contributed by atoms with van der Waals surface area (Å²) >= 11 is 0. The fraction of sp³-hybridized carbons (Fsp3) is 0.294. The fourth-order valence-electron chi connectivity index (χ4n) is 2.56. The average Bonchev–Trinajstić information content (AvgIpc) is 3.29. The van der Waals surface area contributed by atoms with Crippen LogP contribution < -0.4 is 5.32 Å². The van der Waals surface area contributed by atoms with Crippen LogP contribution in [0.2, 0.25) is 0 Å². The van der Waals surface area contributed by atoms with E-state index in [0.717, 1.165) is 29.3 Å². The van der Waals surface area contributed by atoms with Gasteiger partial charge < -0.3 is 9.88 Å². The number of aryl methyl sites for hydroxylation is 1. The number of hydrogen-bond acceptors (Lipinski definition) is 2. The molecule has 0 saturated heterocycles. The van der Waals surface area contributed by atoms with E-state index in [4.69, 9.17) is 5.26 Å². The normalized spacial score (nSPS) is 16.0. The first-order valence-corrected chi connectivity index (χ1v) is 7.11. The summed E-state index contributed by atoms with van der Waals surface area (Å²) in [6, 6.07) is 9.87. The van der Waals surface area contributed by atoms with Crippen LogP contribution in [0, 0.1) is 17.2 Å². The van der Waals surface area contributed by atoms with Crippen LogP contribution >= 0.6 is 0 Å². The van der Waals surface area contributed by atoms with Crippen molar-refractivity contribution in [1.29, 1.82) is 5.26 Å². The topological polar surface area (TPSA) is 57.8 Å². The highest BCUT2D eigenvalue weighted by Crippen LogP contribution is 2.32. The summed E-state index contributed by atoms with van der Waals surface area (Å²) < 4.78 is 2.04. The number of aromatic nitrogens is 1. The van der Waals surface area contributed by atoms with Crippen LogP contribution in [0.3, 0.4) is 0 Å². The van der Waals surface area contributed by atoms with Gasteiger partial charge in [-0.15, -0.1) is 0 Å². The molecule has 1 unspecified atom stereocenters. The van der Waals surface area contributed by atoms with Crippen LogP contribution in [-0.2, 0) is 11.8 Å². The maximum atomic E-state index is 11.9. The summed E-state index contributed by atoms with van der Waals surface area (Å²) in [5.41, 5.74) is 2.13.